The maximum Gasteiger partial charge on any atom is 0.418 e. The van der Waals surface area contributed by atoms with Gasteiger partial charge in [-0.3, -0.25) is 4.79 Å². The lowest BCUT2D eigenvalue weighted by molar-refractivity contribution is -0.137. The van der Waals surface area contributed by atoms with E-state index >= 15 is 0 Å². The molecule has 1 rings (SSSR count). The van der Waals surface area contributed by atoms with E-state index < -0.39 is 29.4 Å². The highest BCUT2D eigenvalue weighted by Crippen LogP contribution is 2.38. The van der Waals surface area contributed by atoms with E-state index in [4.69, 9.17) is 17.3 Å². The summed E-state index contributed by atoms with van der Waals surface area (Å²) < 4.78 is 38.5. The predicted molar refractivity (Wildman–Crippen MR) is 72.6 cm³/mol. The zero-order valence-electron chi connectivity index (χ0n) is 10.9. The van der Waals surface area contributed by atoms with Crippen molar-refractivity contribution in [2.75, 3.05) is 5.32 Å². The number of benzene rings is 1. The first-order valence-electron chi connectivity index (χ1n) is 6.19. The number of carbonyl (C=O) groups is 1. The summed E-state index contributed by atoms with van der Waals surface area (Å²) in [6.45, 7) is 1.93. The van der Waals surface area contributed by atoms with Crippen LogP contribution in [-0.2, 0) is 11.0 Å². The number of halogens is 4. The van der Waals surface area contributed by atoms with Crippen molar-refractivity contribution in [2.45, 2.75) is 38.4 Å². The van der Waals surface area contributed by atoms with Gasteiger partial charge in [0.15, 0.2) is 0 Å². The number of nitrogens with one attached hydrogen (secondary N) is 1. The maximum atomic E-state index is 12.8. The van der Waals surface area contributed by atoms with E-state index in [1.54, 1.807) is 0 Å². The molecule has 0 radical (unpaired) electrons. The summed E-state index contributed by atoms with van der Waals surface area (Å²) in [7, 11) is 0. The minimum atomic E-state index is -4.60. The Bertz CT molecular complexity index is 477. The van der Waals surface area contributed by atoms with Crippen molar-refractivity contribution in [3.63, 3.8) is 0 Å². The lowest BCUT2D eigenvalue weighted by Gasteiger charge is -2.17. The fourth-order valence-electron chi connectivity index (χ4n) is 1.66. The number of nitrogens with two attached hydrogens (primary N) is 1. The third-order valence-corrected chi connectivity index (χ3v) is 3.09. The van der Waals surface area contributed by atoms with Crippen LogP contribution in [0.1, 0.15) is 31.7 Å². The number of anilines is 1. The summed E-state index contributed by atoms with van der Waals surface area (Å²) in [6, 6.07) is 2.47. The average molecular weight is 309 g/mol. The maximum absolute atomic E-state index is 12.8. The van der Waals surface area contributed by atoms with Crippen molar-refractivity contribution >= 4 is 23.2 Å². The number of alkyl halides is 3. The molecule has 0 heterocycles. The van der Waals surface area contributed by atoms with Crippen molar-refractivity contribution in [3.05, 3.63) is 28.8 Å². The van der Waals surface area contributed by atoms with Crippen LogP contribution in [0.3, 0.4) is 0 Å². The molecule has 1 aromatic rings. The molecule has 1 aromatic carbocycles. The van der Waals surface area contributed by atoms with Crippen LogP contribution < -0.4 is 11.1 Å². The van der Waals surface area contributed by atoms with Crippen molar-refractivity contribution in [1.82, 2.24) is 0 Å². The van der Waals surface area contributed by atoms with Gasteiger partial charge in [0.05, 0.1) is 22.3 Å². The van der Waals surface area contributed by atoms with Crippen LogP contribution in [0, 0.1) is 0 Å². The fraction of sp³-hybridized carbons (Fsp3) is 0.462. The standard InChI is InChI=1S/C13H16ClF3N2O/c1-2-3-7-10(18)12(20)19-11-8(13(15,16)17)5-4-6-9(11)14/h4-6,10H,2-3,7,18H2,1H3,(H,19,20). The first-order valence-corrected chi connectivity index (χ1v) is 6.57. The van der Waals surface area contributed by atoms with Crippen LogP contribution in [0.4, 0.5) is 18.9 Å². The van der Waals surface area contributed by atoms with Gasteiger partial charge in [0.25, 0.3) is 0 Å². The van der Waals surface area contributed by atoms with E-state index in [1.165, 1.54) is 12.1 Å². The first-order chi connectivity index (χ1) is 9.27. The van der Waals surface area contributed by atoms with Gasteiger partial charge in [0, 0.05) is 0 Å². The second-order valence-electron chi connectivity index (χ2n) is 4.40. The molecule has 3 N–H and O–H groups in total. The predicted octanol–water partition coefficient (Wildman–Crippen LogP) is 3.81. The van der Waals surface area contributed by atoms with Gasteiger partial charge in [0.2, 0.25) is 5.91 Å². The third kappa shape index (κ3) is 4.38. The molecule has 0 saturated heterocycles. The largest absolute Gasteiger partial charge is 0.418 e. The van der Waals surface area contributed by atoms with E-state index in [-0.39, 0.29) is 5.02 Å². The van der Waals surface area contributed by atoms with E-state index in [0.29, 0.717) is 6.42 Å². The summed E-state index contributed by atoms with van der Waals surface area (Å²) in [4.78, 5) is 11.8. The van der Waals surface area contributed by atoms with E-state index in [1.807, 2.05) is 6.92 Å². The van der Waals surface area contributed by atoms with Crippen LogP contribution >= 0.6 is 11.6 Å². The third-order valence-electron chi connectivity index (χ3n) is 2.77. The molecule has 0 fully saturated rings. The van der Waals surface area contributed by atoms with Crippen LogP contribution in [0.15, 0.2) is 18.2 Å². The fourth-order valence-corrected chi connectivity index (χ4v) is 1.88. The van der Waals surface area contributed by atoms with Gasteiger partial charge in [-0.15, -0.1) is 0 Å². The molecule has 3 nitrogen and oxygen atoms in total. The minimum absolute atomic E-state index is 0.170. The number of para-hydroxylation sites is 1. The van der Waals surface area contributed by atoms with E-state index in [2.05, 4.69) is 5.32 Å². The topological polar surface area (TPSA) is 55.1 Å². The normalized spacial score (nSPS) is 13.1. The van der Waals surface area contributed by atoms with Crippen LogP contribution in [0.5, 0.6) is 0 Å². The van der Waals surface area contributed by atoms with Gasteiger partial charge in [-0.05, 0) is 18.6 Å². The second-order valence-corrected chi connectivity index (χ2v) is 4.81. The van der Waals surface area contributed by atoms with Crippen molar-refractivity contribution in [2.24, 2.45) is 5.73 Å². The quantitative estimate of drug-likeness (QED) is 0.869. The van der Waals surface area contributed by atoms with Crippen LogP contribution in [0.2, 0.25) is 5.02 Å². The zero-order valence-corrected chi connectivity index (χ0v) is 11.7. The van der Waals surface area contributed by atoms with Gasteiger partial charge >= 0.3 is 6.18 Å². The lowest BCUT2D eigenvalue weighted by atomic mass is 10.1. The number of unbranched alkanes of at least 4 members (excludes halogenated alkanes) is 1. The monoisotopic (exact) mass is 308 g/mol. The first kappa shape index (κ1) is 16.8. The van der Waals surface area contributed by atoms with Gasteiger partial charge in [-0.2, -0.15) is 13.2 Å². The molecule has 0 aliphatic carbocycles. The highest BCUT2D eigenvalue weighted by molar-refractivity contribution is 6.34. The SMILES string of the molecule is CCCCC(N)C(=O)Nc1c(Cl)cccc1C(F)(F)F. The molecule has 0 aliphatic rings. The van der Waals surface area contributed by atoms with E-state index in [0.717, 1.165) is 18.9 Å². The molecule has 112 valence electrons. The summed E-state index contributed by atoms with van der Waals surface area (Å²) in [5.41, 5.74) is 4.19. The van der Waals surface area contributed by atoms with Crippen LogP contribution in [0.25, 0.3) is 0 Å². The molecule has 0 aliphatic heterocycles. The molecule has 0 aromatic heterocycles. The Labute approximate surface area is 120 Å². The highest BCUT2D eigenvalue weighted by Gasteiger charge is 2.35. The summed E-state index contributed by atoms with van der Waals surface area (Å²) in [5.74, 6) is -0.669. The minimum Gasteiger partial charge on any atom is -0.323 e. The lowest BCUT2D eigenvalue weighted by Crippen LogP contribution is -2.36. The van der Waals surface area contributed by atoms with Gasteiger partial charge in [0.1, 0.15) is 0 Å². The van der Waals surface area contributed by atoms with Crippen molar-refractivity contribution < 1.29 is 18.0 Å². The van der Waals surface area contributed by atoms with E-state index in [9.17, 15) is 18.0 Å². The van der Waals surface area contributed by atoms with Gasteiger partial charge in [-0.25, -0.2) is 0 Å². The van der Waals surface area contributed by atoms with Crippen molar-refractivity contribution in [1.29, 1.82) is 0 Å². The molecule has 0 spiro atoms. The molecular formula is C13H16ClF3N2O. The summed E-state index contributed by atoms with van der Waals surface area (Å²) in [5, 5.41) is 2.01. The Morgan fingerprint density at radius 3 is 2.65 bits per heavy atom. The molecule has 1 atom stereocenters. The number of carbonyl (C=O) groups excluding carboxylic acids is 1. The molecule has 20 heavy (non-hydrogen) atoms. The highest BCUT2D eigenvalue weighted by atomic mass is 35.5. The molecule has 7 heteroatoms. The Balaban J connectivity index is 2.94. The second kappa shape index (κ2) is 6.95. The molecular weight excluding hydrogens is 293 g/mol. The van der Waals surface area contributed by atoms with Crippen molar-refractivity contribution in [3.8, 4) is 0 Å². The molecule has 1 amide bonds. The summed E-state index contributed by atoms with van der Waals surface area (Å²) >= 11 is 5.73. The Morgan fingerprint density at radius 2 is 2.10 bits per heavy atom. The number of hydrogen-bond acceptors (Lipinski definition) is 2. The Morgan fingerprint density at radius 1 is 1.45 bits per heavy atom. The average Bonchev–Trinajstić information content (AvgIpc) is 2.36. The van der Waals surface area contributed by atoms with Gasteiger partial charge in [-0.1, -0.05) is 37.4 Å². The molecule has 0 bridgehead atoms. The Kier molecular flexibility index (Phi) is 5.83. The number of rotatable bonds is 5. The number of hydrogen-bond donors (Lipinski definition) is 2. The Hall–Kier alpha value is -1.27. The smallest absolute Gasteiger partial charge is 0.323 e. The molecule has 0 saturated carbocycles. The van der Waals surface area contributed by atoms with Crippen LogP contribution in [-0.4, -0.2) is 11.9 Å². The van der Waals surface area contributed by atoms with Gasteiger partial charge < -0.3 is 11.1 Å². The molecule has 1 unspecified atom stereocenters. The zero-order chi connectivity index (χ0) is 15.3. The number of amides is 1. The summed E-state index contributed by atoms with van der Waals surface area (Å²) in [6.07, 6.45) is -2.61.